The molecule has 0 amide bonds. The highest BCUT2D eigenvalue weighted by Crippen LogP contribution is 2.40. The van der Waals surface area contributed by atoms with Crippen LogP contribution in [0.1, 0.15) is 45.2 Å². The molecule has 0 bridgehead atoms. The Morgan fingerprint density at radius 3 is 2.42 bits per heavy atom. The van der Waals surface area contributed by atoms with E-state index >= 15 is 0 Å². The average molecular weight is 536 g/mol. The van der Waals surface area contributed by atoms with E-state index in [-0.39, 0.29) is 0 Å². The van der Waals surface area contributed by atoms with E-state index in [0.29, 0.717) is 6.61 Å². The Hall–Kier alpha value is -2.99. The molecule has 38 heavy (non-hydrogen) atoms. The summed E-state index contributed by atoms with van der Waals surface area (Å²) in [6.07, 6.45) is 8.47. The molecule has 0 aliphatic carbocycles. The number of fused-ring (bicyclic) bond motifs is 1. The molecule has 2 aromatic carbocycles. The molecule has 3 rings (SSSR count). The van der Waals surface area contributed by atoms with Gasteiger partial charge in [0.05, 0.1) is 5.60 Å². The first-order valence-corrected chi connectivity index (χ1v) is 13.8. The fraction of sp³-hybridized carbons (Fsp3) is 0.375. The van der Waals surface area contributed by atoms with Gasteiger partial charge in [0.2, 0.25) is 0 Å². The molecule has 6 heteroatoms. The van der Waals surface area contributed by atoms with Crippen LogP contribution < -0.4 is 15.4 Å². The van der Waals surface area contributed by atoms with E-state index in [4.69, 9.17) is 22.1 Å². The Labute approximate surface area is 233 Å². The Morgan fingerprint density at radius 1 is 1.05 bits per heavy atom. The molecule has 204 valence electrons. The van der Waals surface area contributed by atoms with Gasteiger partial charge in [-0.15, -0.1) is 0 Å². The van der Waals surface area contributed by atoms with Gasteiger partial charge in [0, 0.05) is 42.5 Å². The van der Waals surface area contributed by atoms with Crippen LogP contribution in [0.5, 0.6) is 5.75 Å². The molecule has 0 spiro atoms. The van der Waals surface area contributed by atoms with E-state index in [1.54, 1.807) is 13.8 Å². The number of ether oxygens (including phenoxy) is 1. The Bertz CT molecular complexity index is 1180. The molecule has 0 saturated heterocycles. The van der Waals surface area contributed by atoms with Gasteiger partial charge >= 0.3 is 0 Å². The van der Waals surface area contributed by atoms with Gasteiger partial charge in [-0.1, -0.05) is 43.3 Å². The van der Waals surface area contributed by atoms with Gasteiger partial charge in [-0.2, -0.15) is 0 Å². The highest BCUT2D eigenvalue weighted by molar-refractivity contribution is 6.30. The second kappa shape index (κ2) is 13.7. The van der Waals surface area contributed by atoms with Gasteiger partial charge in [0.25, 0.3) is 0 Å². The maximum absolute atomic E-state index is 10.7. The van der Waals surface area contributed by atoms with Crippen LogP contribution in [0.2, 0.25) is 5.02 Å². The van der Waals surface area contributed by atoms with Crippen molar-refractivity contribution in [2.45, 2.75) is 39.7 Å². The molecule has 1 heterocycles. The standard InChI is InChI=1S/C32H42ClN3O2/c1-6-35(20-21-36(7-2)27-15-13-26(33)14-16-27)19-9-11-29-28(10-8-18-34)24(3)23-38-31-17-12-25(22-30(29)31)32(4,5)37/h8,10-18,22,37H,3,6-7,9,19-21,23,34H2,1-2,4-5H3/b18-8-,28-10+,29-11+. The number of likely N-dealkylation sites (N-methyl/N-ethyl adjacent to an activating group) is 2. The van der Waals surface area contributed by atoms with Crippen LogP contribution in [0.3, 0.4) is 0 Å². The first-order valence-electron chi connectivity index (χ1n) is 13.4. The van der Waals surface area contributed by atoms with E-state index in [0.717, 1.165) is 77.8 Å². The number of nitrogens with two attached hydrogens (primary N) is 1. The molecule has 0 aromatic heterocycles. The molecule has 1 aliphatic heterocycles. The molecule has 3 N–H and O–H groups in total. The van der Waals surface area contributed by atoms with Crippen molar-refractivity contribution in [2.24, 2.45) is 5.73 Å². The summed E-state index contributed by atoms with van der Waals surface area (Å²) in [6, 6.07) is 13.9. The zero-order valence-electron chi connectivity index (χ0n) is 23.2. The van der Waals surface area contributed by atoms with E-state index in [2.05, 4.69) is 48.4 Å². The number of hydrogen-bond donors (Lipinski definition) is 2. The van der Waals surface area contributed by atoms with Crippen molar-refractivity contribution in [1.82, 2.24) is 4.90 Å². The predicted molar refractivity (Wildman–Crippen MR) is 162 cm³/mol. The fourth-order valence-electron chi connectivity index (χ4n) is 4.61. The lowest BCUT2D eigenvalue weighted by Gasteiger charge is -2.27. The second-order valence-corrected chi connectivity index (χ2v) is 10.5. The lowest BCUT2D eigenvalue weighted by Crippen LogP contribution is -2.35. The number of rotatable bonds is 11. The number of halogens is 1. The smallest absolute Gasteiger partial charge is 0.127 e. The van der Waals surface area contributed by atoms with E-state index < -0.39 is 5.60 Å². The summed E-state index contributed by atoms with van der Waals surface area (Å²) in [5.41, 5.74) is 10.6. The number of hydrogen-bond acceptors (Lipinski definition) is 5. The second-order valence-electron chi connectivity index (χ2n) is 10.0. The van der Waals surface area contributed by atoms with Gasteiger partial charge in [0.1, 0.15) is 12.4 Å². The van der Waals surface area contributed by atoms with Crippen molar-refractivity contribution < 1.29 is 9.84 Å². The van der Waals surface area contributed by atoms with Gasteiger partial charge in [-0.05, 0) is 105 Å². The summed E-state index contributed by atoms with van der Waals surface area (Å²) in [5.74, 6) is 0.791. The van der Waals surface area contributed by atoms with Crippen molar-refractivity contribution in [3.8, 4) is 5.75 Å². The minimum Gasteiger partial charge on any atom is -0.488 e. The van der Waals surface area contributed by atoms with Gasteiger partial charge in [-0.3, -0.25) is 0 Å². The summed E-state index contributed by atoms with van der Waals surface area (Å²) in [4.78, 5) is 4.84. The summed E-state index contributed by atoms with van der Waals surface area (Å²) in [6.45, 7) is 17.4. The Balaban J connectivity index is 1.83. The van der Waals surface area contributed by atoms with Crippen LogP contribution in [0.15, 0.2) is 84.6 Å². The van der Waals surface area contributed by atoms with Crippen LogP contribution in [0, 0.1) is 0 Å². The monoisotopic (exact) mass is 535 g/mol. The molecule has 1 aliphatic rings. The fourth-order valence-corrected chi connectivity index (χ4v) is 4.73. The third kappa shape index (κ3) is 7.76. The lowest BCUT2D eigenvalue weighted by atomic mass is 9.88. The van der Waals surface area contributed by atoms with Crippen LogP contribution in [-0.4, -0.2) is 49.3 Å². The maximum atomic E-state index is 10.7. The quantitative estimate of drug-likeness (QED) is 0.342. The minimum absolute atomic E-state index is 0.398. The van der Waals surface area contributed by atoms with Crippen molar-refractivity contribution in [2.75, 3.05) is 44.2 Å². The highest BCUT2D eigenvalue weighted by Gasteiger charge is 2.24. The van der Waals surface area contributed by atoms with Crippen LogP contribution in [-0.2, 0) is 5.60 Å². The SMILES string of the molecule is C=C1COc2ccc(C(C)(C)O)cc2C(=C/CCN(CC)CCN(CC)c2ccc(Cl)cc2)/C1=C/C=C\N. The molecule has 2 aromatic rings. The zero-order chi connectivity index (χ0) is 27.7. The number of nitrogens with zero attached hydrogens (tertiary/aromatic N) is 2. The molecule has 0 atom stereocenters. The van der Waals surface area contributed by atoms with Crippen molar-refractivity contribution in [1.29, 1.82) is 0 Å². The first-order chi connectivity index (χ1) is 18.2. The van der Waals surface area contributed by atoms with Crippen LogP contribution in [0.25, 0.3) is 5.57 Å². The largest absolute Gasteiger partial charge is 0.488 e. The number of benzene rings is 2. The average Bonchev–Trinajstić information content (AvgIpc) is 3.02. The summed E-state index contributed by atoms with van der Waals surface area (Å²) >= 11 is 6.08. The van der Waals surface area contributed by atoms with Crippen LogP contribution in [0.4, 0.5) is 5.69 Å². The highest BCUT2D eigenvalue weighted by atomic mass is 35.5. The van der Waals surface area contributed by atoms with Gasteiger partial charge < -0.3 is 25.4 Å². The normalized spacial score (nSPS) is 16.2. The first kappa shape index (κ1) is 29.6. The van der Waals surface area contributed by atoms with E-state index in [1.807, 2.05) is 42.5 Å². The van der Waals surface area contributed by atoms with Crippen molar-refractivity contribution in [3.63, 3.8) is 0 Å². The number of anilines is 1. The van der Waals surface area contributed by atoms with E-state index in [1.165, 1.54) is 11.9 Å². The minimum atomic E-state index is -0.960. The van der Waals surface area contributed by atoms with E-state index in [9.17, 15) is 5.11 Å². The summed E-state index contributed by atoms with van der Waals surface area (Å²) in [5, 5.41) is 11.4. The van der Waals surface area contributed by atoms with Gasteiger partial charge in [0.15, 0.2) is 0 Å². The third-order valence-corrected chi connectivity index (χ3v) is 7.18. The lowest BCUT2D eigenvalue weighted by molar-refractivity contribution is 0.0785. The van der Waals surface area contributed by atoms with Gasteiger partial charge in [-0.25, -0.2) is 0 Å². The molecular formula is C32H42ClN3O2. The maximum Gasteiger partial charge on any atom is 0.127 e. The molecule has 0 saturated carbocycles. The van der Waals surface area contributed by atoms with Crippen LogP contribution >= 0.6 is 11.6 Å². The topological polar surface area (TPSA) is 62.0 Å². The Morgan fingerprint density at radius 2 is 1.79 bits per heavy atom. The Kier molecular flexibility index (Phi) is 10.7. The zero-order valence-corrected chi connectivity index (χ0v) is 24.0. The summed E-state index contributed by atoms with van der Waals surface area (Å²) < 4.78 is 6.10. The molecular weight excluding hydrogens is 494 g/mol. The molecule has 0 radical (unpaired) electrons. The molecule has 0 unspecified atom stereocenters. The van der Waals surface area contributed by atoms with Crippen molar-refractivity contribution in [3.05, 3.63) is 101 Å². The molecule has 0 fully saturated rings. The number of aliphatic hydroxyl groups is 1. The predicted octanol–water partition coefficient (Wildman–Crippen LogP) is 6.54. The summed E-state index contributed by atoms with van der Waals surface area (Å²) in [7, 11) is 0. The number of allylic oxidation sites excluding steroid dienone is 3. The van der Waals surface area contributed by atoms with Crippen molar-refractivity contribution >= 4 is 22.9 Å². The molecule has 5 nitrogen and oxygen atoms in total. The third-order valence-electron chi connectivity index (χ3n) is 6.92.